The molecule has 0 bridgehead atoms. The third kappa shape index (κ3) is 36.6. The molecule has 0 N–H and O–H groups in total. The molecule has 0 aliphatic rings. The molecule has 5 nitrogen and oxygen atoms in total. The molecule has 0 saturated carbocycles. The van der Waals surface area contributed by atoms with Crippen LogP contribution in [0.4, 0.5) is 0 Å². The number of unbranched alkanes of at least 4 members (excludes halogenated alkanes) is 23. The summed E-state index contributed by atoms with van der Waals surface area (Å²) in [5, 5.41) is 0. The summed E-state index contributed by atoms with van der Waals surface area (Å²) in [6.07, 6.45) is 38.3. The predicted octanol–water partition coefficient (Wildman–Crippen LogP) is 13.4. The zero-order valence-corrected chi connectivity index (χ0v) is 33.3. The van der Waals surface area contributed by atoms with E-state index in [0.29, 0.717) is 13.0 Å². The van der Waals surface area contributed by atoms with Crippen molar-refractivity contribution in [2.45, 2.75) is 233 Å². The lowest BCUT2D eigenvalue weighted by molar-refractivity contribution is -0.148. The minimum absolute atomic E-state index is 0.00609. The standard InChI is InChI=1S/C43H87NO4/c1-5-9-12-15-18-26-31-39-46-42(45)34-27-20-19-22-29-37-44(36-8-4)38-30-23-21-28-35-43(47-40-32-24-16-13-10-6-2)48-41-33-25-17-14-11-7-3/h43H,5-41H2,1-4H3. The molecule has 288 valence electrons. The Bertz CT molecular complexity index is 598. The summed E-state index contributed by atoms with van der Waals surface area (Å²) in [4.78, 5) is 14.7. The van der Waals surface area contributed by atoms with E-state index in [9.17, 15) is 4.79 Å². The summed E-state index contributed by atoms with van der Waals surface area (Å²) in [5.41, 5.74) is 0. The minimum atomic E-state index is -0.00609. The van der Waals surface area contributed by atoms with Gasteiger partial charge in [0.2, 0.25) is 0 Å². The second-order valence-corrected chi connectivity index (χ2v) is 14.6. The second kappa shape index (κ2) is 40.8. The van der Waals surface area contributed by atoms with Gasteiger partial charge in [0.1, 0.15) is 0 Å². The fourth-order valence-corrected chi connectivity index (χ4v) is 6.51. The van der Waals surface area contributed by atoms with Gasteiger partial charge >= 0.3 is 5.97 Å². The Kier molecular flexibility index (Phi) is 40.2. The second-order valence-electron chi connectivity index (χ2n) is 14.6. The van der Waals surface area contributed by atoms with Gasteiger partial charge in [-0.25, -0.2) is 0 Å². The van der Waals surface area contributed by atoms with Crippen LogP contribution in [0, 0.1) is 0 Å². The minimum Gasteiger partial charge on any atom is -0.466 e. The Hall–Kier alpha value is -0.650. The first-order chi connectivity index (χ1) is 23.7. The quantitative estimate of drug-likeness (QED) is 0.0365. The van der Waals surface area contributed by atoms with Gasteiger partial charge in [-0.2, -0.15) is 0 Å². The lowest BCUT2D eigenvalue weighted by Gasteiger charge is -2.22. The molecule has 0 fully saturated rings. The summed E-state index contributed by atoms with van der Waals surface area (Å²) in [5.74, 6) is 0.00649. The lowest BCUT2D eigenvalue weighted by Crippen LogP contribution is -2.27. The van der Waals surface area contributed by atoms with E-state index in [0.717, 1.165) is 38.9 Å². The molecule has 0 unspecified atom stereocenters. The summed E-state index contributed by atoms with van der Waals surface area (Å²) in [7, 11) is 0. The molecule has 48 heavy (non-hydrogen) atoms. The van der Waals surface area contributed by atoms with Gasteiger partial charge < -0.3 is 19.1 Å². The first kappa shape index (κ1) is 47.4. The maximum atomic E-state index is 12.0. The van der Waals surface area contributed by atoms with Crippen LogP contribution >= 0.6 is 0 Å². The van der Waals surface area contributed by atoms with Crippen molar-refractivity contribution in [1.82, 2.24) is 4.90 Å². The van der Waals surface area contributed by atoms with Crippen LogP contribution in [0.2, 0.25) is 0 Å². The smallest absolute Gasteiger partial charge is 0.305 e. The van der Waals surface area contributed by atoms with Crippen molar-refractivity contribution in [2.24, 2.45) is 0 Å². The van der Waals surface area contributed by atoms with Crippen LogP contribution in [0.1, 0.15) is 227 Å². The monoisotopic (exact) mass is 682 g/mol. The van der Waals surface area contributed by atoms with Gasteiger partial charge in [0.25, 0.3) is 0 Å². The normalized spacial score (nSPS) is 11.7. The van der Waals surface area contributed by atoms with E-state index in [1.807, 2.05) is 0 Å². The zero-order valence-electron chi connectivity index (χ0n) is 33.3. The van der Waals surface area contributed by atoms with E-state index in [1.165, 1.54) is 187 Å². The number of esters is 1. The average molecular weight is 682 g/mol. The van der Waals surface area contributed by atoms with Gasteiger partial charge in [0.15, 0.2) is 6.29 Å². The topological polar surface area (TPSA) is 48.0 Å². The summed E-state index contributed by atoms with van der Waals surface area (Å²) in [6, 6.07) is 0. The molecular formula is C43H87NO4. The van der Waals surface area contributed by atoms with Gasteiger partial charge in [-0.15, -0.1) is 0 Å². The van der Waals surface area contributed by atoms with Crippen LogP contribution in [0.3, 0.4) is 0 Å². The van der Waals surface area contributed by atoms with Crippen molar-refractivity contribution in [2.75, 3.05) is 39.5 Å². The average Bonchev–Trinajstić information content (AvgIpc) is 3.09. The largest absolute Gasteiger partial charge is 0.466 e. The fourth-order valence-electron chi connectivity index (χ4n) is 6.51. The molecule has 0 radical (unpaired) electrons. The third-order valence-corrected chi connectivity index (χ3v) is 9.67. The highest BCUT2D eigenvalue weighted by Crippen LogP contribution is 2.15. The molecular weight excluding hydrogens is 594 g/mol. The molecule has 0 aliphatic heterocycles. The number of carbonyl (C=O) groups is 1. The van der Waals surface area contributed by atoms with Crippen LogP contribution in [0.15, 0.2) is 0 Å². The van der Waals surface area contributed by atoms with Crippen molar-refractivity contribution in [1.29, 1.82) is 0 Å². The number of carbonyl (C=O) groups excluding carboxylic acids is 1. The van der Waals surface area contributed by atoms with E-state index in [-0.39, 0.29) is 12.3 Å². The van der Waals surface area contributed by atoms with Gasteiger partial charge in [0.05, 0.1) is 6.61 Å². The number of ether oxygens (including phenoxy) is 3. The Morgan fingerprint density at radius 1 is 0.417 bits per heavy atom. The summed E-state index contributed by atoms with van der Waals surface area (Å²) in [6.45, 7) is 15.1. The van der Waals surface area contributed by atoms with E-state index >= 15 is 0 Å². The first-order valence-corrected chi connectivity index (χ1v) is 21.8. The molecule has 0 amide bonds. The zero-order chi connectivity index (χ0) is 35.0. The maximum absolute atomic E-state index is 12.0. The molecule has 0 aromatic heterocycles. The van der Waals surface area contributed by atoms with Crippen molar-refractivity contribution >= 4 is 5.97 Å². The van der Waals surface area contributed by atoms with Crippen molar-refractivity contribution in [3.8, 4) is 0 Å². The van der Waals surface area contributed by atoms with Crippen LogP contribution in [0.5, 0.6) is 0 Å². The molecule has 5 heteroatoms. The molecule has 0 atom stereocenters. The Labute approximate surface area is 301 Å². The van der Waals surface area contributed by atoms with Crippen LogP contribution in [-0.4, -0.2) is 56.6 Å². The molecule has 0 aliphatic carbocycles. The first-order valence-electron chi connectivity index (χ1n) is 21.8. The Morgan fingerprint density at radius 3 is 1.29 bits per heavy atom. The fraction of sp³-hybridized carbons (Fsp3) is 0.977. The van der Waals surface area contributed by atoms with E-state index in [4.69, 9.17) is 14.2 Å². The number of nitrogens with zero attached hydrogens (tertiary/aromatic N) is 1. The van der Waals surface area contributed by atoms with Gasteiger partial charge in [0, 0.05) is 19.6 Å². The lowest BCUT2D eigenvalue weighted by atomic mass is 10.1. The predicted molar refractivity (Wildman–Crippen MR) is 209 cm³/mol. The molecule has 0 aromatic carbocycles. The molecule has 0 heterocycles. The molecule has 0 aromatic rings. The van der Waals surface area contributed by atoms with Gasteiger partial charge in [-0.1, -0.05) is 163 Å². The highest BCUT2D eigenvalue weighted by atomic mass is 16.7. The van der Waals surface area contributed by atoms with Crippen LogP contribution < -0.4 is 0 Å². The van der Waals surface area contributed by atoms with Crippen molar-refractivity contribution in [3.05, 3.63) is 0 Å². The number of rotatable bonds is 41. The highest BCUT2D eigenvalue weighted by Gasteiger charge is 2.10. The van der Waals surface area contributed by atoms with E-state index < -0.39 is 0 Å². The van der Waals surface area contributed by atoms with Crippen LogP contribution in [0.25, 0.3) is 0 Å². The van der Waals surface area contributed by atoms with E-state index in [1.54, 1.807) is 0 Å². The van der Waals surface area contributed by atoms with Gasteiger partial charge in [-0.3, -0.25) is 4.79 Å². The molecule has 0 rings (SSSR count). The third-order valence-electron chi connectivity index (χ3n) is 9.67. The molecule has 0 spiro atoms. The van der Waals surface area contributed by atoms with E-state index in [2.05, 4.69) is 32.6 Å². The Morgan fingerprint density at radius 2 is 0.812 bits per heavy atom. The number of hydrogen-bond donors (Lipinski definition) is 0. The maximum Gasteiger partial charge on any atom is 0.305 e. The number of hydrogen-bond acceptors (Lipinski definition) is 5. The highest BCUT2D eigenvalue weighted by molar-refractivity contribution is 5.69. The van der Waals surface area contributed by atoms with Crippen molar-refractivity contribution < 1.29 is 19.0 Å². The van der Waals surface area contributed by atoms with Gasteiger partial charge in [-0.05, 0) is 77.4 Å². The van der Waals surface area contributed by atoms with Crippen molar-refractivity contribution in [3.63, 3.8) is 0 Å². The SMILES string of the molecule is CCCCCCCCCOC(=O)CCCCCCCN(CCC)CCCCCCC(OCCCCCCCC)OCCCCCCCC. The molecule has 0 saturated heterocycles. The Balaban J connectivity index is 3.97. The summed E-state index contributed by atoms with van der Waals surface area (Å²) >= 11 is 0. The van der Waals surface area contributed by atoms with Crippen LogP contribution in [-0.2, 0) is 19.0 Å². The summed E-state index contributed by atoms with van der Waals surface area (Å²) < 4.78 is 17.9.